The van der Waals surface area contributed by atoms with E-state index in [9.17, 15) is 4.79 Å². The van der Waals surface area contributed by atoms with Crippen LogP contribution in [0, 0.1) is 24.7 Å². The average Bonchev–Trinajstić information content (AvgIpc) is 2.65. The number of nitrogens with one attached hydrogen (secondary N) is 1. The van der Waals surface area contributed by atoms with Crippen LogP contribution in [0.4, 0.5) is 0 Å². The molecule has 1 heterocycles. The van der Waals surface area contributed by atoms with Gasteiger partial charge in [-0.1, -0.05) is 42.1 Å². The Bertz CT molecular complexity index is 847. The third kappa shape index (κ3) is 3.69. The first-order valence-electron chi connectivity index (χ1n) is 10.4. The quantitative estimate of drug-likeness (QED) is 0.594. The van der Waals surface area contributed by atoms with Gasteiger partial charge in [0.25, 0.3) is 0 Å². The van der Waals surface area contributed by atoms with Gasteiger partial charge in [0.15, 0.2) is 5.16 Å². The van der Waals surface area contributed by atoms with Crippen LogP contribution >= 0.6 is 11.8 Å². The van der Waals surface area contributed by atoms with E-state index >= 15 is 0 Å². The first-order valence-corrected chi connectivity index (χ1v) is 11.4. The summed E-state index contributed by atoms with van der Waals surface area (Å²) in [4.78, 5) is 22.0. The SMILES string of the molecule is Cc1cc(-c2ccccc2)nc(SCC(=O)NC23CC4CC(CC(C4)C2)C3)n1. The summed E-state index contributed by atoms with van der Waals surface area (Å²) in [5.41, 5.74) is 3.00. The first-order chi connectivity index (χ1) is 13.6. The van der Waals surface area contributed by atoms with Gasteiger partial charge in [-0.15, -0.1) is 0 Å². The third-order valence-electron chi connectivity index (χ3n) is 6.68. The van der Waals surface area contributed by atoms with Crippen molar-refractivity contribution >= 4 is 17.7 Å². The molecule has 0 saturated heterocycles. The number of hydrogen-bond acceptors (Lipinski definition) is 4. The Balaban J connectivity index is 1.24. The highest BCUT2D eigenvalue weighted by molar-refractivity contribution is 7.99. The van der Waals surface area contributed by atoms with Crippen LogP contribution in [0.15, 0.2) is 41.6 Å². The van der Waals surface area contributed by atoms with Crippen molar-refractivity contribution in [2.75, 3.05) is 5.75 Å². The zero-order valence-corrected chi connectivity index (χ0v) is 17.2. The zero-order chi connectivity index (χ0) is 19.1. The molecule has 2 aromatic rings. The predicted octanol–water partition coefficient (Wildman–Crippen LogP) is 4.63. The van der Waals surface area contributed by atoms with E-state index in [-0.39, 0.29) is 11.4 Å². The highest BCUT2D eigenvalue weighted by atomic mass is 32.2. The molecule has 4 bridgehead atoms. The van der Waals surface area contributed by atoms with E-state index in [2.05, 4.69) is 27.4 Å². The van der Waals surface area contributed by atoms with E-state index in [4.69, 9.17) is 0 Å². The van der Waals surface area contributed by atoms with E-state index in [1.54, 1.807) is 0 Å². The number of aromatic nitrogens is 2. The van der Waals surface area contributed by atoms with Crippen LogP contribution < -0.4 is 5.32 Å². The van der Waals surface area contributed by atoms with E-state index in [0.717, 1.165) is 34.7 Å². The molecular weight excluding hydrogens is 366 g/mol. The minimum absolute atomic E-state index is 0.0784. The molecule has 0 aliphatic heterocycles. The van der Waals surface area contributed by atoms with Crippen molar-refractivity contribution in [2.24, 2.45) is 17.8 Å². The largest absolute Gasteiger partial charge is 0.350 e. The van der Waals surface area contributed by atoms with Crippen LogP contribution in [0.25, 0.3) is 11.3 Å². The summed E-state index contributed by atoms with van der Waals surface area (Å²) in [6.07, 6.45) is 7.74. The molecule has 1 amide bonds. The van der Waals surface area contributed by atoms with Crippen molar-refractivity contribution in [1.82, 2.24) is 15.3 Å². The smallest absolute Gasteiger partial charge is 0.230 e. The number of rotatable bonds is 5. The van der Waals surface area contributed by atoms with Crippen LogP contribution in [0.5, 0.6) is 0 Å². The van der Waals surface area contributed by atoms with Crippen molar-refractivity contribution in [3.05, 3.63) is 42.1 Å². The van der Waals surface area contributed by atoms with Crippen LogP contribution in [-0.2, 0) is 4.79 Å². The summed E-state index contributed by atoms with van der Waals surface area (Å²) < 4.78 is 0. The average molecular weight is 394 g/mol. The van der Waals surface area contributed by atoms with E-state index < -0.39 is 0 Å². The molecule has 146 valence electrons. The number of nitrogens with zero attached hydrogens (tertiary/aromatic N) is 2. The first kappa shape index (κ1) is 18.2. The molecule has 4 aliphatic rings. The number of amides is 1. The lowest BCUT2D eigenvalue weighted by Gasteiger charge is -2.56. The molecule has 4 saturated carbocycles. The predicted molar refractivity (Wildman–Crippen MR) is 112 cm³/mol. The van der Waals surface area contributed by atoms with Gasteiger partial charge in [-0.2, -0.15) is 0 Å². The molecule has 4 fully saturated rings. The van der Waals surface area contributed by atoms with E-state index in [0.29, 0.717) is 10.9 Å². The monoisotopic (exact) mass is 393 g/mol. The van der Waals surface area contributed by atoms with Gasteiger partial charge in [0.05, 0.1) is 11.4 Å². The number of aryl methyl sites for hydroxylation is 1. The van der Waals surface area contributed by atoms with Crippen molar-refractivity contribution in [3.63, 3.8) is 0 Å². The molecule has 0 atom stereocenters. The molecule has 28 heavy (non-hydrogen) atoms. The van der Waals surface area contributed by atoms with Gasteiger partial charge in [0.1, 0.15) is 0 Å². The maximum Gasteiger partial charge on any atom is 0.230 e. The van der Waals surface area contributed by atoms with Gasteiger partial charge in [0.2, 0.25) is 5.91 Å². The Morgan fingerprint density at radius 1 is 1.07 bits per heavy atom. The second kappa shape index (κ2) is 7.18. The zero-order valence-electron chi connectivity index (χ0n) is 16.4. The van der Waals surface area contributed by atoms with Gasteiger partial charge in [-0.3, -0.25) is 4.79 Å². The molecule has 5 heteroatoms. The minimum Gasteiger partial charge on any atom is -0.350 e. The number of hydrogen-bond donors (Lipinski definition) is 1. The van der Waals surface area contributed by atoms with Gasteiger partial charge in [0, 0.05) is 16.8 Å². The second-order valence-electron chi connectivity index (χ2n) is 9.08. The molecule has 4 nitrogen and oxygen atoms in total. The van der Waals surface area contributed by atoms with Crippen molar-refractivity contribution in [2.45, 2.75) is 56.1 Å². The summed E-state index contributed by atoms with van der Waals surface area (Å²) >= 11 is 1.45. The number of carbonyl (C=O) groups excluding carboxylic acids is 1. The van der Waals surface area contributed by atoms with Gasteiger partial charge in [-0.05, 0) is 69.3 Å². The highest BCUT2D eigenvalue weighted by Crippen LogP contribution is 2.55. The standard InChI is InChI=1S/C23H27N3OS/c1-15-7-20(19-5-3-2-4-6-19)25-22(24-15)28-14-21(27)26-23-11-16-8-17(12-23)10-18(9-16)13-23/h2-7,16-18H,8-14H2,1H3,(H,26,27). The summed E-state index contributed by atoms with van der Waals surface area (Å²) in [5, 5.41) is 4.12. The van der Waals surface area contributed by atoms with Crippen LogP contribution in [0.2, 0.25) is 0 Å². The molecule has 0 unspecified atom stereocenters. The van der Waals surface area contributed by atoms with Crippen molar-refractivity contribution < 1.29 is 4.79 Å². The molecule has 4 aliphatic carbocycles. The molecule has 1 aromatic heterocycles. The maximum atomic E-state index is 12.8. The number of benzene rings is 1. The van der Waals surface area contributed by atoms with Gasteiger partial charge < -0.3 is 5.32 Å². The highest BCUT2D eigenvalue weighted by Gasteiger charge is 2.51. The Morgan fingerprint density at radius 3 is 2.36 bits per heavy atom. The van der Waals surface area contributed by atoms with Gasteiger partial charge >= 0.3 is 0 Å². The molecule has 6 rings (SSSR count). The second-order valence-corrected chi connectivity index (χ2v) is 10.0. The Kier molecular flexibility index (Phi) is 4.66. The third-order valence-corrected chi connectivity index (χ3v) is 7.53. The molecule has 0 radical (unpaired) electrons. The number of carbonyl (C=O) groups is 1. The fourth-order valence-electron chi connectivity index (χ4n) is 6.09. The fraction of sp³-hybridized carbons (Fsp3) is 0.522. The van der Waals surface area contributed by atoms with Crippen LogP contribution in [-0.4, -0.2) is 27.2 Å². The number of thioether (sulfide) groups is 1. The van der Waals surface area contributed by atoms with E-state index in [1.807, 2.05) is 31.2 Å². The molecule has 0 spiro atoms. The van der Waals surface area contributed by atoms with Crippen molar-refractivity contribution in [3.8, 4) is 11.3 Å². The normalized spacial score (nSPS) is 30.4. The fourth-order valence-corrected chi connectivity index (χ4v) is 6.79. The molecular formula is C23H27N3OS. The van der Waals surface area contributed by atoms with Crippen LogP contribution in [0.1, 0.15) is 44.2 Å². The Hall–Kier alpha value is -1.88. The minimum atomic E-state index is 0.0784. The van der Waals surface area contributed by atoms with E-state index in [1.165, 1.54) is 50.3 Å². The topological polar surface area (TPSA) is 54.9 Å². The lowest BCUT2D eigenvalue weighted by molar-refractivity contribution is -0.124. The lowest BCUT2D eigenvalue weighted by atomic mass is 9.53. The molecule has 1 aromatic carbocycles. The Labute approximate surface area is 170 Å². The summed E-state index contributed by atoms with van der Waals surface area (Å²) in [6.45, 7) is 1.98. The molecule has 1 N–H and O–H groups in total. The summed E-state index contributed by atoms with van der Waals surface area (Å²) in [5.74, 6) is 3.05. The van der Waals surface area contributed by atoms with Gasteiger partial charge in [-0.25, -0.2) is 9.97 Å². The Morgan fingerprint density at radius 2 is 1.71 bits per heavy atom. The summed E-state index contributed by atoms with van der Waals surface area (Å²) in [7, 11) is 0. The van der Waals surface area contributed by atoms with Crippen LogP contribution in [0.3, 0.4) is 0 Å². The lowest BCUT2D eigenvalue weighted by Crippen LogP contribution is -2.60. The van der Waals surface area contributed by atoms with Crippen molar-refractivity contribution in [1.29, 1.82) is 0 Å². The maximum absolute atomic E-state index is 12.8. The summed E-state index contributed by atoms with van der Waals surface area (Å²) in [6, 6.07) is 12.1.